The lowest BCUT2D eigenvalue weighted by molar-refractivity contribution is -0.383. The topological polar surface area (TPSA) is 89.5 Å². The highest BCUT2D eigenvalue weighted by Gasteiger charge is 2.32. The van der Waals surface area contributed by atoms with Crippen LogP contribution in [0, 0.1) is 22.0 Å². The maximum Gasteiger partial charge on any atom is 0.292 e. The highest BCUT2D eigenvalue weighted by Crippen LogP contribution is 2.34. The van der Waals surface area contributed by atoms with Crippen molar-refractivity contribution in [2.45, 2.75) is 25.7 Å². The molecule has 0 radical (unpaired) electrons. The third-order valence-corrected chi connectivity index (χ3v) is 4.11. The summed E-state index contributed by atoms with van der Waals surface area (Å²) < 4.78 is 0. The highest BCUT2D eigenvalue weighted by atomic mass is 16.6. The number of anilines is 1. The molecule has 6 heteroatoms. The number of amides is 1. The van der Waals surface area contributed by atoms with E-state index in [1.54, 1.807) is 0 Å². The predicted octanol–water partition coefficient (Wildman–Crippen LogP) is 2.44. The van der Waals surface area contributed by atoms with Gasteiger partial charge in [-0.25, -0.2) is 0 Å². The van der Waals surface area contributed by atoms with Gasteiger partial charge in [-0.15, -0.1) is 0 Å². The van der Waals surface area contributed by atoms with Gasteiger partial charge in [-0.1, -0.05) is 0 Å². The maximum atomic E-state index is 12.6. The molecule has 2 aliphatic carbocycles. The average molecular weight is 289 g/mol. The van der Waals surface area contributed by atoms with Gasteiger partial charge in [0.25, 0.3) is 11.6 Å². The summed E-state index contributed by atoms with van der Waals surface area (Å²) in [5.41, 5.74) is 6.01. The molecule has 1 amide bonds. The summed E-state index contributed by atoms with van der Waals surface area (Å²) in [6, 6.07) is 4.24. The quantitative estimate of drug-likeness (QED) is 0.495. The monoisotopic (exact) mass is 289 g/mol. The third-order valence-electron chi connectivity index (χ3n) is 4.11. The van der Waals surface area contributed by atoms with Gasteiger partial charge >= 0.3 is 0 Å². The molecule has 21 heavy (non-hydrogen) atoms. The lowest BCUT2D eigenvalue weighted by atomic mass is 10.1. The van der Waals surface area contributed by atoms with Crippen molar-refractivity contribution in [2.24, 2.45) is 11.8 Å². The van der Waals surface area contributed by atoms with Crippen LogP contribution < -0.4 is 5.73 Å². The number of benzene rings is 1. The summed E-state index contributed by atoms with van der Waals surface area (Å²) in [5.74, 6) is 1.20. The fraction of sp³-hybridized carbons (Fsp3) is 0.533. The first-order valence-corrected chi connectivity index (χ1v) is 7.38. The highest BCUT2D eigenvalue weighted by molar-refractivity contribution is 5.95. The van der Waals surface area contributed by atoms with Crippen molar-refractivity contribution in [1.29, 1.82) is 0 Å². The van der Waals surface area contributed by atoms with Crippen LogP contribution in [-0.2, 0) is 0 Å². The molecule has 0 aliphatic heterocycles. The first kappa shape index (κ1) is 13.9. The van der Waals surface area contributed by atoms with Gasteiger partial charge in [-0.3, -0.25) is 14.9 Å². The molecule has 112 valence electrons. The molecule has 0 unspecified atom stereocenters. The summed E-state index contributed by atoms with van der Waals surface area (Å²) in [4.78, 5) is 24.7. The number of nitrogens with two attached hydrogens (primary N) is 1. The number of nitrogens with zero attached hydrogens (tertiary/aromatic N) is 2. The van der Waals surface area contributed by atoms with Crippen LogP contribution in [0.2, 0.25) is 0 Å². The molecule has 0 bridgehead atoms. The Kier molecular flexibility index (Phi) is 3.53. The molecule has 2 aliphatic rings. The Labute approximate surface area is 123 Å². The van der Waals surface area contributed by atoms with E-state index >= 15 is 0 Å². The van der Waals surface area contributed by atoms with E-state index in [0.29, 0.717) is 17.4 Å². The Morgan fingerprint density at radius 1 is 1.24 bits per heavy atom. The molecule has 6 nitrogen and oxygen atoms in total. The average Bonchev–Trinajstić information content (AvgIpc) is 3.31. The molecular formula is C15H19N3O3. The van der Waals surface area contributed by atoms with E-state index < -0.39 is 4.92 Å². The minimum Gasteiger partial charge on any atom is -0.393 e. The van der Waals surface area contributed by atoms with Crippen LogP contribution in [0.4, 0.5) is 11.4 Å². The first-order chi connectivity index (χ1) is 10.0. The van der Waals surface area contributed by atoms with E-state index in [9.17, 15) is 14.9 Å². The molecule has 2 saturated carbocycles. The van der Waals surface area contributed by atoms with E-state index in [0.717, 1.165) is 13.1 Å². The Balaban J connectivity index is 1.77. The first-order valence-electron chi connectivity index (χ1n) is 7.38. The minimum absolute atomic E-state index is 0.0450. The fourth-order valence-corrected chi connectivity index (χ4v) is 2.50. The van der Waals surface area contributed by atoms with Gasteiger partial charge in [-0.2, -0.15) is 0 Å². The molecule has 0 atom stereocenters. The smallest absolute Gasteiger partial charge is 0.292 e. The number of hydrogen-bond acceptors (Lipinski definition) is 4. The zero-order valence-electron chi connectivity index (χ0n) is 11.8. The molecule has 1 aromatic rings. The molecule has 3 rings (SSSR count). The number of carbonyl (C=O) groups is 1. The largest absolute Gasteiger partial charge is 0.393 e. The van der Waals surface area contributed by atoms with Gasteiger partial charge < -0.3 is 10.6 Å². The van der Waals surface area contributed by atoms with E-state index in [2.05, 4.69) is 0 Å². The van der Waals surface area contributed by atoms with Crippen molar-refractivity contribution in [3.8, 4) is 0 Å². The maximum absolute atomic E-state index is 12.6. The van der Waals surface area contributed by atoms with E-state index in [1.807, 2.05) is 4.90 Å². The number of rotatable bonds is 6. The van der Waals surface area contributed by atoms with Crippen molar-refractivity contribution >= 4 is 17.3 Å². The fourth-order valence-electron chi connectivity index (χ4n) is 2.50. The van der Waals surface area contributed by atoms with Crippen LogP contribution >= 0.6 is 0 Å². The van der Waals surface area contributed by atoms with Crippen molar-refractivity contribution in [1.82, 2.24) is 4.90 Å². The molecule has 0 saturated heterocycles. The van der Waals surface area contributed by atoms with Crippen LogP contribution in [0.25, 0.3) is 0 Å². The summed E-state index contributed by atoms with van der Waals surface area (Å²) in [6.07, 6.45) is 4.77. The lowest BCUT2D eigenvalue weighted by Crippen LogP contribution is -2.34. The Hall–Kier alpha value is -2.11. The molecule has 0 aromatic heterocycles. The second-order valence-corrected chi connectivity index (χ2v) is 6.13. The zero-order chi connectivity index (χ0) is 15.0. The summed E-state index contributed by atoms with van der Waals surface area (Å²) in [7, 11) is 0. The number of nitro benzene ring substituents is 1. The third kappa shape index (κ3) is 3.32. The SMILES string of the molecule is Nc1cc(C(=O)N(CC2CC2)CC2CC2)ccc1[N+](=O)[O-]. The Morgan fingerprint density at radius 2 is 1.81 bits per heavy atom. The summed E-state index contributed by atoms with van der Waals surface area (Å²) in [5, 5.41) is 10.8. The van der Waals surface area contributed by atoms with Crippen LogP contribution in [0.1, 0.15) is 36.0 Å². The molecule has 2 fully saturated rings. The van der Waals surface area contributed by atoms with E-state index in [4.69, 9.17) is 5.73 Å². The van der Waals surface area contributed by atoms with Crippen molar-refractivity contribution in [2.75, 3.05) is 18.8 Å². The van der Waals surface area contributed by atoms with Gasteiger partial charge in [0.2, 0.25) is 0 Å². The molecule has 0 spiro atoms. The van der Waals surface area contributed by atoms with Crippen LogP contribution in [0.3, 0.4) is 0 Å². The standard InChI is InChI=1S/C15H19N3O3/c16-13-7-12(5-6-14(13)18(20)21)15(19)17(8-10-1-2-10)9-11-3-4-11/h5-7,10-11H,1-4,8-9,16H2. The van der Waals surface area contributed by atoms with Gasteiger partial charge in [0.15, 0.2) is 0 Å². The van der Waals surface area contributed by atoms with Crippen LogP contribution in [0.5, 0.6) is 0 Å². The number of carbonyl (C=O) groups excluding carboxylic acids is 1. The van der Waals surface area contributed by atoms with Crippen molar-refractivity contribution in [3.05, 3.63) is 33.9 Å². The second-order valence-electron chi connectivity index (χ2n) is 6.13. The number of nitro groups is 1. The molecular weight excluding hydrogens is 270 g/mol. The predicted molar refractivity (Wildman–Crippen MR) is 78.9 cm³/mol. The normalized spacial score (nSPS) is 17.5. The Bertz CT molecular complexity index is 566. The molecule has 0 heterocycles. The molecule has 2 N–H and O–H groups in total. The lowest BCUT2D eigenvalue weighted by Gasteiger charge is -2.22. The number of hydrogen-bond donors (Lipinski definition) is 1. The second kappa shape index (κ2) is 5.35. The van der Waals surface area contributed by atoms with E-state index in [-0.39, 0.29) is 17.3 Å². The van der Waals surface area contributed by atoms with Crippen LogP contribution in [0.15, 0.2) is 18.2 Å². The minimum atomic E-state index is -0.532. The van der Waals surface area contributed by atoms with Crippen molar-refractivity contribution in [3.63, 3.8) is 0 Å². The van der Waals surface area contributed by atoms with Crippen molar-refractivity contribution < 1.29 is 9.72 Å². The summed E-state index contributed by atoms with van der Waals surface area (Å²) >= 11 is 0. The molecule has 1 aromatic carbocycles. The number of nitrogen functional groups attached to an aromatic ring is 1. The van der Waals surface area contributed by atoms with Crippen LogP contribution in [-0.4, -0.2) is 28.8 Å². The summed E-state index contributed by atoms with van der Waals surface area (Å²) in [6.45, 7) is 1.60. The van der Waals surface area contributed by atoms with Gasteiger partial charge in [-0.05, 0) is 49.7 Å². The zero-order valence-corrected chi connectivity index (χ0v) is 11.8. The Morgan fingerprint density at radius 3 is 2.24 bits per heavy atom. The van der Waals surface area contributed by atoms with Gasteiger partial charge in [0.1, 0.15) is 5.69 Å². The van der Waals surface area contributed by atoms with Gasteiger partial charge in [0.05, 0.1) is 4.92 Å². The van der Waals surface area contributed by atoms with E-state index in [1.165, 1.54) is 43.9 Å². The van der Waals surface area contributed by atoms with Gasteiger partial charge in [0, 0.05) is 24.7 Å².